The molecule has 0 radical (unpaired) electrons. The van der Waals surface area contributed by atoms with Crippen LogP contribution >= 0.6 is 0 Å². The van der Waals surface area contributed by atoms with E-state index in [2.05, 4.69) is 19.2 Å². The molecular formula is C14H22FN. The van der Waals surface area contributed by atoms with Crippen LogP contribution in [0.1, 0.15) is 43.9 Å². The van der Waals surface area contributed by atoms with Gasteiger partial charge >= 0.3 is 0 Å². The van der Waals surface area contributed by atoms with Crippen molar-refractivity contribution in [1.29, 1.82) is 0 Å². The third-order valence-corrected chi connectivity index (χ3v) is 3.29. The highest BCUT2D eigenvalue weighted by atomic mass is 19.1. The van der Waals surface area contributed by atoms with Gasteiger partial charge in [-0.1, -0.05) is 26.3 Å². The number of nitrogens with one attached hydrogen (secondary N) is 1. The van der Waals surface area contributed by atoms with E-state index < -0.39 is 0 Å². The topological polar surface area (TPSA) is 12.0 Å². The lowest BCUT2D eigenvalue weighted by atomic mass is 9.92. The van der Waals surface area contributed by atoms with Gasteiger partial charge in [-0.25, -0.2) is 4.39 Å². The van der Waals surface area contributed by atoms with Crippen LogP contribution in [-0.2, 0) is 0 Å². The van der Waals surface area contributed by atoms with Crippen molar-refractivity contribution in [1.82, 2.24) is 5.32 Å². The Kier molecular flexibility index (Phi) is 4.94. The van der Waals surface area contributed by atoms with E-state index in [9.17, 15) is 4.39 Å². The second-order valence-corrected chi connectivity index (χ2v) is 4.59. The molecular weight excluding hydrogens is 201 g/mol. The average Bonchev–Trinajstić information content (AvgIpc) is 2.26. The first kappa shape index (κ1) is 13.2. The van der Waals surface area contributed by atoms with Crippen LogP contribution in [0.4, 0.5) is 4.39 Å². The number of halogens is 1. The van der Waals surface area contributed by atoms with Crippen LogP contribution in [0, 0.1) is 18.7 Å². The zero-order valence-electron chi connectivity index (χ0n) is 10.7. The Morgan fingerprint density at radius 3 is 2.56 bits per heavy atom. The smallest absolute Gasteiger partial charge is 0.123 e. The van der Waals surface area contributed by atoms with Crippen molar-refractivity contribution in [2.24, 2.45) is 5.92 Å². The summed E-state index contributed by atoms with van der Waals surface area (Å²) in [6.45, 7) is 6.43. The van der Waals surface area contributed by atoms with E-state index in [0.717, 1.165) is 12.0 Å². The summed E-state index contributed by atoms with van der Waals surface area (Å²) in [6.07, 6.45) is 2.28. The Morgan fingerprint density at radius 1 is 1.38 bits per heavy atom. The molecule has 0 aliphatic rings. The molecule has 2 heteroatoms. The summed E-state index contributed by atoms with van der Waals surface area (Å²) >= 11 is 0. The molecule has 0 heterocycles. The van der Waals surface area contributed by atoms with Gasteiger partial charge in [-0.15, -0.1) is 0 Å². The Bertz CT molecular complexity index is 336. The Morgan fingerprint density at radius 2 is 2.06 bits per heavy atom. The van der Waals surface area contributed by atoms with Gasteiger partial charge in [0.15, 0.2) is 0 Å². The molecule has 0 saturated carbocycles. The summed E-state index contributed by atoms with van der Waals surface area (Å²) < 4.78 is 13.0. The van der Waals surface area contributed by atoms with Gasteiger partial charge < -0.3 is 5.32 Å². The third-order valence-electron chi connectivity index (χ3n) is 3.29. The number of aryl methyl sites for hydroxylation is 1. The zero-order valence-corrected chi connectivity index (χ0v) is 10.7. The monoisotopic (exact) mass is 223 g/mol. The highest BCUT2D eigenvalue weighted by Gasteiger charge is 2.14. The zero-order chi connectivity index (χ0) is 12.1. The Hall–Kier alpha value is -0.890. The first-order valence-electron chi connectivity index (χ1n) is 6.01. The standard InChI is InChI=1S/C14H22FN/c1-5-10(2)8-14(16-4)13-7-6-12(15)9-11(13)3/h6-7,9-10,14,16H,5,8H2,1-4H3. The first-order valence-corrected chi connectivity index (χ1v) is 6.01. The van der Waals surface area contributed by atoms with Crippen LogP contribution < -0.4 is 5.32 Å². The molecule has 0 aliphatic carbocycles. The van der Waals surface area contributed by atoms with E-state index in [0.29, 0.717) is 12.0 Å². The van der Waals surface area contributed by atoms with Crippen molar-refractivity contribution in [3.63, 3.8) is 0 Å². The maximum Gasteiger partial charge on any atom is 0.123 e. The Balaban J connectivity index is 2.86. The van der Waals surface area contributed by atoms with Crippen LogP contribution in [-0.4, -0.2) is 7.05 Å². The molecule has 0 spiro atoms. The van der Waals surface area contributed by atoms with Crippen molar-refractivity contribution in [3.8, 4) is 0 Å². The van der Waals surface area contributed by atoms with E-state index in [1.807, 2.05) is 20.0 Å². The third kappa shape index (κ3) is 3.31. The molecule has 1 N–H and O–H groups in total. The van der Waals surface area contributed by atoms with Crippen molar-refractivity contribution >= 4 is 0 Å². The second-order valence-electron chi connectivity index (χ2n) is 4.59. The maximum absolute atomic E-state index is 13.0. The van der Waals surface area contributed by atoms with Crippen molar-refractivity contribution in [2.45, 2.75) is 39.7 Å². The predicted molar refractivity (Wildman–Crippen MR) is 67.0 cm³/mol. The molecule has 2 unspecified atom stereocenters. The fourth-order valence-corrected chi connectivity index (χ4v) is 2.00. The molecule has 0 bridgehead atoms. The quantitative estimate of drug-likeness (QED) is 0.800. The van der Waals surface area contributed by atoms with E-state index in [-0.39, 0.29) is 5.82 Å². The van der Waals surface area contributed by atoms with Gasteiger partial charge in [-0.3, -0.25) is 0 Å². The van der Waals surface area contributed by atoms with Crippen LogP contribution in [0.15, 0.2) is 18.2 Å². The van der Waals surface area contributed by atoms with Crippen molar-refractivity contribution < 1.29 is 4.39 Å². The minimum atomic E-state index is -0.153. The van der Waals surface area contributed by atoms with Crippen LogP contribution in [0.25, 0.3) is 0 Å². The van der Waals surface area contributed by atoms with Gasteiger partial charge in [0.05, 0.1) is 0 Å². The van der Waals surface area contributed by atoms with Gasteiger partial charge in [0.1, 0.15) is 5.82 Å². The van der Waals surface area contributed by atoms with Gasteiger partial charge in [0.2, 0.25) is 0 Å². The highest BCUT2D eigenvalue weighted by Crippen LogP contribution is 2.25. The lowest BCUT2D eigenvalue weighted by molar-refractivity contribution is 0.420. The molecule has 0 amide bonds. The van der Waals surface area contributed by atoms with Crippen LogP contribution in [0.3, 0.4) is 0 Å². The maximum atomic E-state index is 13.0. The number of hydrogen-bond acceptors (Lipinski definition) is 1. The summed E-state index contributed by atoms with van der Waals surface area (Å²) in [6, 6.07) is 5.38. The summed E-state index contributed by atoms with van der Waals surface area (Å²) in [5.74, 6) is 0.529. The molecule has 0 saturated heterocycles. The van der Waals surface area contributed by atoms with Crippen molar-refractivity contribution in [3.05, 3.63) is 35.1 Å². The molecule has 0 aliphatic heterocycles. The predicted octanol–water partition coefficient (Wildman–Crippen LogP) is 3.83. The largest absolute Gasteiger partial charge is 0.313 e. The minimum absolute atomic E-state index is 0.153. The van der Waals surface area contributed by atoms with Crippen LogP contribution in [0.5, 0.6) is 0 Å². The Labute approximate surface area is 98.1 Å². The van der Waals surface area contributed by atoms with Gasteiger partial charge in [-0.2, -0.15) is 0 Å². The number of hydrogen-bond donors (Lipinski definition) is 1. The lowest BCUT2D eigenvalue weighted by Gasteiger charge is -2.22. The first-order chi connectivity index (χ1) is 7.58. The van der Waals surface area contributed by atoms with E-state index >= 15 is 0 Å². The van der Waals surface area contributed by atoms with E-state index in [1.54, 1.807) is 12.1 Å². The van der Waals surface area contributed by atoms with Gasteiger partial charge in [0.25, 0.3) is 0 Å². The molecule has 1 aromatic carbocycles. The highest BCUT2D eigenvalue weighted by molar-refractivity contribution is 5.29. The molecule has 16 heavy (non-hydrogen) atoms. The molecule has 90 valence electrons. The van der Waals surface area contributed by atoms with Crippen molar-refractivity contribution in [2.75, 3.05) is 7.05 Å². The van der Waals surface area contributed by atoms with Gasteiger partial charge in [0, 0.05) is 6.04 Å². The lowest BCUT2D eigenvalue weighted by Crippen LogP contribution is -2.19. The number of rotatable bonds is 5. The fourth-order valence-electron chi connectivity index (χ4n) is 2.00. The molecule has 1 nitrogen and oxygen atoms in total. The fraction of sp³-hybridized carbons (Fsp3) is 0.571. The molecule has 1 aromatic rings. The minimum Gasteiger partial charge on any atom is -0.313 e. The number of benzene rings is 1. The summed E-state index contributed by atoms with van der Waals surface area (Å²) in [7, 11) is 1.97. The SMILES string of the molecule is CCC(C)CC(NC)c1ccc(F)cc1C. The average molecular weight is 223 g/mol. The second kappa shape index (κ2) is 6.00. The van der Waals surface area contributed by atoms with E-state index in [1.165, 1.54) is 12.0 Å². The van der Waals surface area contributed by atoms with Gasteiger partial charge in [-0.05, 0) is 49.6 Å². The molecule has 1 rings (SSSR count). The molecule has 0 fully saturated rings. The summed E-state index contributed by atoms with van der Waals surface area (Å²) in [4.78, 5) is 0. The normalized spacial score (nSPS) is 14.8. The van der Waals surface area contributed by atoms with Crippen LogP contribution in [0.2, 0.25) is 0 Å². The van der Waals surface area contributed by atoms with E-state index in [4.69, 9.17) is 0 Å². The molecule has 2 atom stereocenters. The summed E-state index contributed by atoms with van der Waals surface area (Å²) in [5.41, 5.74) is 2.24. The molecule has 0 aromatic heterocycles. The summed E-state index contributed by atoms with van der Waals surface area (Å²) in [5, 5.41) is 3.32.